The first-order chi connectivity index (χ1) is 11.8. The van der Waals surface area contributed by atoms with Crippen molar-refractivity contribution in [1.82, 2.24) is 25.5 Å². The minimum atomic E-state index is -3.37. The molecule has 0 radical (unpaired) electrons. The molecule has 136 valence electrons. The number of aromatic nitrogens is 4. The minimum Gasteiger partial charge on any atom is -0.338 e. The average molecular weight is 364 g/mol. The summed E-state index contributed by atoms with van der Waals surface area (Å²) in [7, 11) is -1.49. The quantitative estimate of drug-likeness (QED) is 0.816. The van der Waals surface area contributed by atoms with Crippen LogP contribution in [0.25, 0.3) is 0 Å². The number of hydrogen-bond donors (Lipinski definition) is 2. The van der Waals surface area contributed by atoms with Crippen molar-refractivity contribution >= 4 is 15.8 Å². The molecule has 2 N–H and O–H groups in total. The highest BCUT2D eigenvalue weighted by Gasteiger charge is 2.26. The number of hydrogen-bond acceptors (Lipinski definition) is 7. The van der Waals surface area contributed by atoms with E-state index in [-0.39, 0.29) is 10.8 Å². The molecule has 0 saturated carbocycles. The van der Waals surface area contributed by atoms with Crippen LogP contribution in [0.3, 0.4) is 0 Å². The smallest absolute Gasteiger partial charge is 0.225 e. The first kappa shape index (κ1) is 17.8. The van der Waals surface area contributed by atoms with E-state index in [1.807, 2.05) is 24.9 Å². The molecule has 2 aromatic rings. The van der Waals surface area contributed by atoms with Gasteiger partial charge >= 0.3 is 0 Å². The third-order valence-corrected chi connectivity index (χ3v) is 5.47. The van der Waals surface area contributed by atoms with Gasteiger partial charge in [0, 0.05) is 31.5 Å². The summed E-state index contributed by atoms with van der Waals surface area (Å²) in [5.74, 6) is 0.592. The van der Waals surface area contributed by atoms with E-state index in [0.29, 0.717) is 18.2 Å². The number of H-pyrrole nitrogens is 1. The Morgan fingerprint density at radius 2 is 2.20 bits per heavy atom. The number of piperidine rings is 1. The molecule has 1 fully saturated rings. The van der Waals surface area contributed by atoms with Gasteiger partial charge in [-0.1, -0.05) is 0 Å². The number of anilines is 1. The van der Waals surface area contributed by atoms with Crippen molar-refractivity contribution in [2.24, 2.45) is 0 Å². The SMILES string of the molecule is Cc1cc(CN(C)c2ncc(S(C)(=O)=O)c(C3CCCNC3)n2)n[nH]1. The zero-order chi connectivity index (χ0) is 18.0. The van der Waals surface area contributed by atoms with Gasteiger partial charge in [-0.15, -0.1) is 0 Å². The second kappa shape index (κ2) is 7.09. The normalized spacial score (nSPS) is 18.3. The fourth-order valence-corrected chi connectivity index (χ4v) is 3.93. The van der Waals surface area contributed by atoms with Gasteiger partial charge in [-0.2, -0.15) is 5.10 Å². The second-order valence-corrected chi connectivity index (χ2v) is 8.62. The van der Waals surface area contributed by atoms with Crippen LogP contribution in [0.15, 0.2) is 17.2 Å². The van der Waals surface area contributed by atoms with Gasteiger partial charge < -0.3 is 10.2 Å². The summed E-state index contributed by atoms with van der Waals surface area (Å²) in [5, 5.41) is 10.5. The van der Waals surface area contributed by atoms with E-state index in [1.165, 1.54) is 12.5 Å². The van der Waals surface area contributed by atoms with Crippen LogP contribution >= 0.6 is 0 Å². The molecule has 3 heterocycles. The zero-order valence-electron chi connectivity index (χ0n) is 14.8. The Hall–Kier alpha value is -2.00. The van der Waals surface area contributed by atoms with Gasteiger partial charge in [0.1, 0.15) is 4.90 Å². The van der Waals surface area contributed by atoms with Gasteiger partial charge in [0.25, 0.3) is 0 Å². The third kappa shape index (κ3) is 4.16. The van der Waals surface area contributed by atoms with E-state index in [1.54, 1.807) is 0 Å². The van der Waals surface area contributed by atoms with Crippen molar-refractivity contribution in [1.29, 1.82) is 0 Å². The average Bonchev–Trinajstić information content (AvgIpc) is 2.99. The molecule has 3 rings (SSSR count). The predicted molar refractivity (Wildman–Crippen MR) is 95.4 cm³/mol. The van der Waals surface area contributed by atoms with Gasteiger partial charge in [0.15, 0.2) is 9.84 Å². The monoisotopic (exact) mass is 364 g/mol. The van der Waals surface area contributed by atoms with E-state index in [4.69, 9.17) is 0 Å². The molecule has 9 heteroatoms. The first-order valence-corrected chi connectivity index (χ1v) is 10.2. The summed E-state index contributed by atoms with van der Waals surface area (Å²) >= 11 is 0. The highest BCUT2D eigenvalue weighted by atomic mass is 32.2. The molecule has 8 nitrogen and oxygen atoms in total. The number of nitrogens with one attached hydrogen (secondary N) is 2. The lowest BCUT2D eigenvalue weighted by Gasteiger charge is -2.25. The molecule has 0 bridgehead atoms. The van der Waals surface area contributed by atoms with Crippen LogP contribution in [0.1, 0.15) is 35.8 Å². The molecule has 0 amide bonds. The van der Waals surface area contributed by atoms with Gasteiger partial charge in [-0.25, -0.2) is 18.4 Å². The maximum atomic E-state index is 12.1. The lowest BCUT2D eigenvalue weighted by molar-refractivity contribution is 0.447. The molecule has 1 saturated heterocycles. The molecule has 0 spiro atoms. The van der Waals surface area contributed by atoms with Gasteiger partial charge in [-0.05, 0) is 32.4 Å². The molecule has 0 aromatic carbocycles. The predicted octanol–water partition coefficient (Wildman–Crippen LogP) is 1.02. The van der Waals surface area contributed by atoms with Crippen LogP contribution in [-0.4, -0.2) is 55.0 Å². The fraction of sp³-hybridized carbons (Fsp3) is 0.562. The van der Waals surface area contributed by atoms with Crippen LogP contribution in [-0.2, 0) is 16.4 Å². The molecular weight excluding hydrogens is 340 g/mol. The second-order valence-electron chi connectivity index (χ2n) is 6.63. The Morgan fingerprint density at radius 1 is 1.40 bits per heavy atom. The summed E-state index contributed by atoms with van der Waals surface area (Å²) in [4.78, 5) is 11.0. The number of rotatable bonds is 5. The standard InChI is InChI=1S/C16H24N6O2S/c1-11-7-13(21-20-11)10-22(2)16-18-9-14(25(3,23)24)15(19-16)12-5-4-6-17-8-12/h7,9,12,17H,4-6,8,10H2,1-3H3,(H,20,21). The summed E-state index contributed by atoms with van der Waals surface area (Å²) in [6, 6.07) is 1.97. The van der Waals surface area contributed by atoms with Gasteiger partial charge in [0.05, 0.1) is 24.1 Å². The van der Waals surface area contributed by atoms with E-state index in [9.17, 15) is 8.42 Å². The summed E-state index contributed by atoms with van der Waals surface area (Å²) in [6.07, 6.45) is 4.58. The molecular formula is C16H24N6O2S. The highest BCUT2D eigenvalue weighted by Crippen LogP contribution is 2.28. The molecule has 25 heavy (non-hydrogen) atoms. The Morgan fingerprint density at radius 3 is 2.80 bits per heavy atom. The van der Waals surface area contributed by atoms with Gasteiger partial charge in [0.2, 0.25) is 5.95 Å². The van der Waals surface area contributed by atoms with Crippen molar-refractivity contribution in [2.75, 3.05) is 31.3 Å². The maximum absolute atomic E-state index is 12.1. The largest absolute Gasteiger partial charge is 0.338 e. The maximum Gasteiger partial charge on any atom is 0.225 e. The van der Waals surface area contributed by atoms with Crippen molar-refractivity contribution in [2.45, 2.75) is 37.1 Å². The van der Waals surface area contributed by atoms with Gasteiger partial charge in [-0.3, -0.25) is 5.10 Å². The Bertz CT molecular complexity index is 842. The fourth-order valence-electron chi connectivity index (χ4n) is 3.09. The van der Waals surface area contributed by atoms with Crippen LogP contribution in [0.2, 0.25) is 0 Å². The van der Waals surface area contributed by atoms with Crippen molar-refractivity contribution in [3.05, 3.63) is 29.3 Å². The number of nitrogens with zero attached hydrogens (tertiary/aromatic N) is 4. The van der Waals surface area contributed by atoms with E-state index in [0.717, 1.165) is 37.3 Å². The topological polar surface area (TPSA) is 104 Å². The molecule has 1 aliphatic heterocycles. The number of sulfone groups is 1. The summed E-state index contributed by atoms with van der Waals surface area (Å²) < 4.78 is 24.3. The lowest BCUT2D eigenvalue weighted by Crippen LogP contribution is -2.30. The first-order valence-electron chi connectivity index (χ1n) is 8.34. The minimum absolute atomic E-state index is 0.0845. The van der Waals surface area contributed by atoms with E-state index >= 15 is 0 Å². The Labute approximate surface area is 148 Å². The summed E-state index contributed by atoms with van der Waals surface area (Å²) in [6.45, 7) is 4.19. The van der Waals surface area contributed by atoms with Crippen LogP contribution in [0.5, 0.6) is 0 Å². The molecule has 0 aliphatic carbocycles. The zero-order valence-corrected chi connectivity index (χ0v) is 15.6. The Balaban J connectivity index is 1.92. The van der Waals surface area contributed by atoms with Crippen molar-refractivity contribution < 1.29 is 8.42 Å². The third-order valence-electron chi connectivity index (χ3n) is 4.35. The summed E-state index contributed by atoms with van der Waals surface area (Å²) in [5.41, 5.74) is 2.49. The van der Waals surface area contributed by atoms with Crippen molar-refractivity contribution in [3.63, 3.8) is 0 Å². The van der Waals surface area contributed by atoms with Crippen LogP contribution in [0, 0.1) is 6.92 Å². The Kier molecular flexibility index (Phi) is 5.05. The lowest BCUT2D eigenvalue weighted by atomic mass is 9.96. The molecule has 1 aliphatic rings. The molecule has 1 unspecified atom stereocenters. The highest BCUT2D eigenvalue weighted by molar-refractivity contribution is 7.90. The van der Waals surface area contributed by atoms with Crippen LogP contribution in [0.4, 0.5) is 5.95 Å². The molecule has 2 aromatic heterocycles. The number of aromatic amines is 1. The number of aryl methyl sites for hydroxylation is 1. The molecule has 1 atom stereocenters. The van der Waals surface area contributed by atoms with E-state index in [2.05, 4.69) is 25.5 Å². The van der Waals surface area contributed by atoms with Crippen molar-refractivity contribution in [3.8, 4) is 0 Å². The van der Waals surface area contributed by atoms with Crippen LogP contribution < -0.4 is 10.2 Å². The van der Waals surface area contributed by atoms with E-state index < -0.39 is 9.84 Å².